The third kappa shape index (κ3) is 2.79. The van der Waals surface area contributed by atoms with E-state index in [0.29, 0.717) is 12.5 Å². The summed E-state index contributed by atoms with van der Waals surface area (Å²) in [7, 11) is 0. The van der Waals surface area contributed by atoms with Gasteiger partial charge in [-0.2, -0.15) is 5.10 Å². The van der Waals surface area contributed by atoms with Gasteiger partial charge < -0.3 is 5.73 Å². The van der Waals surface area contributed by atoms with Gasteiger partial charge in [0, 0.05) is 24.4 Å². The number of nitrogens with zero attached hydrogens (tertiary/aromatic N) is 3. The molecule has 2 rings (SSSR count). The quantitative estimate of drug-likeness (QED) is 0.945. The average Bonchev–Trinajstić information content (AvgIpc) is 2.72. The lowest BCUT2D eigenvalue weighted by Crippen LogP contribution is -2.20. The average molecular weight is 309 g/mol. The van der Waals surface area contributed by atoms with Crippen molar-refractivity contribution in [2.24, 2.45) is 5.73 Å². The van der Waals surface area contributed by atoms with Gasteiger partial charge in [0.05, 0.1) is 22.4 Å². The van der Waals surface area contributed by atoms with Crippen molar-refractivity contribution in [2.45, 2.75) is 32.4 Å². The first-order chi connectivity index (χ1) is 8.59. The van der Waals surface area contributed by atoms with Crippen LogP contribution in [0.4, 0.5) is 0 Å². The molecule has 2 N–H and O–H groups in total. The highest BCUT2D eigenvalue weighted by molar-refractivity contribution is 9.10. The number of aromatic nitrogens is 3. The maximum Gasteiger partial charge on any atom is 0.0700 e. The van der Waals surface area contributed by atoms with Crippen LogP contribution < -0.4 is 5.73 Å². The van der Waals surface area contributed by atoms with E-state index < -0.39 is 0 Å². The highest BCUT2D eigenvalue weighted by atomic mass is 79.9. The van der Waals surface area contributed by atoms with Gasteiger partial charge in [-0.1, -0.05) is 6.07 Å². The predicted octanol–water partition coefficient (Wildman–Crippen LogP) is 2.86. The zero-order chi connectivity index (χ0) is 13.1. The minimum absolute atomic E-state index is 0.112. The Bertz CT molecular complexity index is 507. The number of pyridine rings is 1. The molecule has 4 nitrogen and oxygen atoms in total. The van der Waals surface area contributed by atoms with E-state index in [9.17, 15) is 0 Å². The molecule has 1 unspecified atom stereocenters. The van der Waals surface area contributed by atoms with E-state index in [0.717, 1.165) is 15.9 Å². The molecule has 0 bridgehead atoms. The van der Waals surface area contributed by atoms with Gasteiger partial charge in [0.15, 0.2) is 0 Å². The van der Waals surface area contributed by atoms with Gasteiger partial charge in [0.1, 0.15) is 0 Å². The Kier molecular flexibility index (Phi) is 4.14. The second-order valence-corrected chi connectivity index (χ2v) is 5.40. The Morgan fingerprint density at radius 1 is 1.39 bits per heavy atom. The van der Waals surface area contributed by atoms with Gasteiger partial charge in [0.25, 0.3) is 0 Å². The van der Waals surface area contributed by atoms with E-state index in [-0.39, 0.29) is 6.04 Å². The van der Waals surface area contributed by atoms with Gasteiger partial charge in [-0.3, -0.25) is 9.67 Å². The topological polar surface area (TPSA) is 56.7 Å². The molecular formula is C13H17BrN4. The zero-order valence-corrected chi connectivity index (χ0v) is 12.1. The number of hydrogen-bond donors (Lipinski definition) is 1. The summed E-state index contributed by atoms with van der Waals surface area (Å²) in [5.41, 5.74) is 8.30. The van der Waals surface area contributed by atoms with Crippen molar-refractivity contribution >= 4 is 15.9 Å². The van der Waals surface area contributed by atoms with Crippen molar-refractivity contribution in [2.75, 3.05) is 0 Å². The highest BCUT2D eigenvalue weighted by Crippen LogP contribution is 2.26. The van der Waals surface area contributed by atoms with Crippen LogP contribution in [0.3, 0.4) is 0 Å². The number of nitrogens with two attached hydrogens (primary N) is 1. The predicted molar refractivity (Wildman–Crippen MR) is 75.2 cm³/mol. The summed E-state index contributed by atoms with van der Waals surface area (Å²) < 4.78 is 2.91. The lowest BCUT2D eigenvalue weighted by molar-refractivity contribution is 0.483. The Labute approximate surface area is 115 Å². The Balaban J connectivity index is 2.23. The first-order valence-corrected chi connectivity index (χ1v) is 6.77. The molecule has 0 amide bonds. The summed E-state index contributed by atoms with van der Waals surface area (Å²) in [4.78, 5) is 4.31. The smallest absolute Gasteiger partial charge is 0.0700 e. The first-order valence-electron chi connectivity index (χ1n) is 5.98. The maximum atomic E-state index is 6.28. The molecule has 1 atom stereocenters. The molecule has 0 radical (unpaired) electrons. The van der Waals surface area contributed by atoms with Crippen LogP contribution in [0, 0.1) is 0 Å². The molecule has 0 spiro atoms. The minimum Gasteiger partial charge on any atom is -0.322 e. The third-order valence-electron chi connectivity index (χ3n) is 2.78. The summed E-state index contributed by atoms with van der Waals surface area (Å²) >= 11 is 3.52. The molecule has 5 heteroatoms. The summed E-state index contributed by atoms with van der Waals surface area (Å²) in [5.74, 6) is 0. The van der Waals surface area contributed by atoms with Gasteiger partial charge in [-0.05, 0) is 41.9 Å². The van der Waals surface area contributed by atoms with Crippen LogP contribution >= 0.6 is 15.9 Å². The fraction of sp³-hybridized carbons (Fsp3) is 0.385. The number of halogens is 1. The van der Waals surface area contributed by atoms with Crippen LogP contribution in [0.15, 0.2) is 35.1 Å². The molecule has 0 saturated carbocycles. The maximum absolute atomic E-state index is 6.28. The van der Waals surface area contributed by atoms with Crippen LogP contribution in [0.1, 0.15) is 37.3 Å². The van der Waals surface area contributed by atoms with Crippen LogP contribution in [0.5, 0.6) is 0 Å². The van der Waals surface area contributed by atoms with E-state index in [1.807, 2.05) is 22.9 Å². The Morgan fingerprint density at radius 3 is 2.78 bits per heavy atom. The fourth-order valence-electron chi connectivity index (χ4n) is 1.95. The molecule has 2 aromatic rings. The molecule has 0 aromatic carbocycles. The number of rotatable bonds is 4. The minimum atomic E-state index is -0.112. The molecule has 0 fully saturated rings. The van der Waals surface area contributed by atoms with Gasteiger partial charge in [-0.15, -0.1) is 0 Å². The molecule has 2 aromatic heterocycles. The Hall–Kier alpha value is -1.20. The van der Waals surface area contributed by atoms with E-state index in [2.05, 4.69) is 39.9 Å². The summed E-state index contributed by atoms with van der Waals surface area (Å²) in [6.07, 6.45) is 4.29. The van der Waals surface area contributed by atoms with E-state index >= 15 is 0 Å². The summed E-state index contributed by atoms with van der Waals surface area (Å²) in [6, 6.07) is 6.05. The normalized spacial score (nSPS) is 12.9. The number of hydrogen-bond acceptors (Lipinski definition) is 3. The van der Waals surface area contributed by atoms with Gasteiger partial charge >= 0.3 is 0 Å². The SMILES string of the molecule is CC(C)n1ncc(Br)c1C(N)Cc1ccccn1. The molecule has 0 aliphatic carbocycles. The Morgan fingerprint density at radius 2 is 2.17 bits per heavy atom. The van der Waals surface area contributed by atoms with Crippen molar-refractivity contribution in [1.82, 2.24) is 14.8 Å². The molecule has 0 saturated heterocycles. The van der Waals surface area contributed by atoms with Crippen LogP contribution in [0.25, 0.3) is 0 Å². The lowest BCUT2D eigenvalue weighted by Gasteiger charge is -2.17. The summed E-state index contributed by atoms with van der Waals surface area (Å²) in [5, 5.41) is 4.35. The van der Waals surface area contributed by atoms with Crippen molar-refractivity contribution in [3.05, 3.63) is 46.5 Å². The van der Waals surface area contributed by atoms with Crippen LogP contribution in [0.2, 0.25) is 0 Å². The van der Waals surface area contributed by atoms with Gasteiger partial charge in [-0.25, -0.2) is 0 Å². The monoisotopic (exact) mass is 308 g/mol. The zero-order valence-electron chi connectivity index (χ0n) is 10.5. The van der Waals surface area contributed by atoms with Crippen LogP contribution in [-0.2, 0) is 6.42 Å². The standard InChI is InChI=1S/C13H17BrN4/c1-9(2)18-13(11(14)8-17-18)12(15)7-10-5-3-4-6-16-10/h3-6,8-9,12H,7,15H2,1-2H3. The van der Waals surface area contributed by atoms with Crippen molar-refractivity contribution < 1.29 is 0 Å². The molecule has 2 heterocycles. The lowest BCUT2D eigenvalue weighted by atomic mass is 10.1. The second-order valence-electron chi connectivity index (χ2n) is 4.55. The van der Waals surface area contributed by atoms with E-state index in [1.165, 1.54) is 0 Å². The van der Waals surface area contributed by atoms with Crippen molar-refractivity contribution in [3.8, 4) is 0 Å². The van der Waals surface area contributed by atoms with Crippen molar-refractivity contribution in [3.63, 3.8) is 0 Å². The third-order valence-corrected chi connectivity index (χ3v) is 3.39. The van der Waals surface area contributed by atoms with E-state index in [4.69, 9.17) is 5.73 Å². The fourth-order valence-corrected chi connectivity index (χ4v) is 2.52. The van der Waals surface area contributed by atoms with Crippen molar-refractivity contribution in [1.29, 1.82) is 0 Å². The largest absolute Gasteiger partial charge is 0.322 e. The second kappa shape index (κ2) is 5.63. The first kappa shape index (κ1) is 13.2. The summed E-state index contributed by atoms with van der Waals surface area (Å²) in [6.45, 7) is 4.19. The molecule has 0 aliphatic heterocycles. The molecule has 0 aliphatic rings. The molecule has 96 valence electrons. The van der Waals surface area contributed by atoms with Gasteiger partial charge in [0.2, 0.25) is 0 Å². The highest BCUT2D eigenvalue weighted by Gasteiger charge is 2.18. The van der Waals surface area contributed by atoms with E-state index in [1.54, 1.807) is 12.4 Å². The van der Waals surface area contributed by atoms with Crippen LogP contribution in [-0.4, -0.2) is 14.8 Å². The molecule has 18 heavy (non-hydrogen) atoms. The molecular weight excluding hydrogens is 292 g/mol.